The molecule has 0 heterocycles. The van der Waals surface area contributed by atoms with Crippen molar-refractivity contribution < 1.29 is 70.7 Å². The molecule has 0 unspecified atom stereocenters. The molecule has 0 aliphatic carbocycles. The quantitative estimate of drug-likeness (QED) is 0.248. The van der Waals surface area contributed by atoms with Gasteiger partial charge in [0.25, 0.3) is 0 Å². The molecule has 18 heavy (non-hydrogen) atoms. The summed E-state index contributed by atoms with van der Waals surface area (Å²) in [6, 6.07) is 7.19. The average Bonchev–Trinajstić information content (AvgIpc) is 2.35. The summed E-state index contributed by atoms with van der Waals surface area (Å²) in [6.07, 6.45) is 0. The Morgan fingerprint density at radius 1 is 1.33 bits per heavy atom. The molecule has 0 aliphatic heterocycles. The summed E-state index contributed by atoms with van der Waals surface area (Å²) >= 11 is 0. The summed E-state index contributed by atoms with van der Waals surface area (Å²) < 4.78 is 0. The second kappa shape index (κ2) is 10.8. The zero-order valence-corrected chi connectivity index (χ0v) is 12.9. The van der Waals surface area contributed by atoms with Gasteiger partial charge >= 0.3 is 0 Å². The van der Waals surface area contributed by atoms with Crippen LogP contribution in [-0.4, -0.2) is 30.6 Å². The second-order valence-corrected chi connectivity index (χ2v) is 2.97. The van der Waals surface area contributed by atoms with Crippen LogP contribution >= 0.6 is 0 Å². The van der Waals surface area contributed by atoms with Crippen LogP contribution in [0, 0.1) is 46.9 Å². The van der Waals surface area contributed by atoms with Crippen LogP contribution in [0.2, 0.25) is 0 Å². The fraction of sp³-hybridized carbons (Fsp3) is 0.182. The fourth-order valence-corrected chi connectivity index (χ4v) is 1.18. The summed E-state index contributed by atoms with van der Waals surface area (Å²) in [7, 11) is 1.55. The third-order valence-corrected chi connectivity index (χ3v) is 1.98. The van der Waals surface area contributed by atoms with E-state index in [0.29, 0.717) is 17.0 Å². The van der Waals surface area contributed by atoms with E-state index in [2.05, 4.69) is 20.5 Å². The Balaban J connectivity index is 0. The van der Waals surface area contributed by atoms with E-state index in [1.807, 2.05) is 12.1 Å². The van der Waals surface area contributed by atoms with E-state index in [9.17, 15) is 0 Å². The van der Waals surface area contributed by atoms with Gasteiger partial charge in [0.05, 0.1) is 5.71 Å². The van der Waals surface area contributed by atoms with E-state index >= 15 is 0 Å². The molecular formula is C11H12N4OVYb-2. The molecule has 0 saturated heterocycles. The van der Waals surface area contributed by atoms with Gasteiger partial charge in [-0.15, -0.1) is 5.96 Å². The number of rotatable bonds is 2. The van der Waals surface area contributed by atoms with Crippen LogP contribution in [0.4, 0.5) is 5.69 Å². The summed E-state index contributed by atoms with van der Waals surface area (Å²) in [6.45, 7) is 6.79. The van der Waals surface area contributed by atoms with E-state index in [0.717, 1.165) is 0 Å². The normalized spacial score (nSPS) is 11.0. The van der Waals surface area contributed by atoms with Gasteiger partial charge in [-0.05, 0) is 12.6 Å². The zero-order chi connectivity index (χ0) is 12.0. The standard InChI is InChI=1S/C11H12N4O.V.Yb/c1-8(15-16)9-6-4-5-7-10(9)14-11(12-2)13-3;;/h2,4-7H,1,3H3,(H-,13,14,16);;/q-2;;/b15-8-;;. The number of guanidine groups is 1. The van der Waals surface area contributed by atoms with Crippen LogP contribution in [0.5, 0.6) is 0 Å². The van der Waals surface area contributed by atoms with Crippen LogP contribution in [0.25, 0.3) is 5.32 Å². The van der Waals surface area contributed by atoms with Crippen molar-refractivity contribution in [1.29, 1.82) is 0 Å². The van der Waals surface area contributed by atoms with Gasteiger partial charge in [0.2, 0.25) is 0 Å². The fourth-order valence-electron chi connectivity index (χ4n) is 1.18. The van der Waals surface area contributed by atoms with Crippen molar-refractivity contribution in [3.8, 4) is 0 Å². The molecule has 0 atom stereocenters. The van der Waals surface area contributed by atoms with Crippen molar-refractivity contribution >= 4 is 24.1 Å². The molecule has 0 saturated carbocycles. The molecule has 1 radical (unpaired) electrons. The van der Waals surface area contributed by atoms with Crippen molar-refractivity contribution in [2.24, 2.45) is 15.1 Å². The Labute approximate surface area is 157 Å². The molecule has 1 aromatic carbocycles. The molecule has 0 amide bonds. The first-order chi connectivity index (χ1) is 7.72. The van der Waals surface area contributed by atoms with Crippen LogP contribution in [-0.2, 0) is 18.6 Å². The maximum atomic E-state index is 8.73. The van der Waals surface area contributed by atoms with E-state index in [-0.39, 0.29) is 71.4 Å². The van der Waals surface area contributed by atoms with Crippen molar-refractivity contribution in [2.45, 2.75) is 6.92 Å². The zero-order valence-electron chi connectivity index (χ0n) is 9.84. The maximum absolute atomic E-state index is 8.73. The van der Waals surface area contributed by atoms with Gasteiger partial charge < -0.3 is 20.5 Å². The average molecular weight is 440 g/mol. The Morgan fingerprint density at radius 2 is 1.94 bits per heavy atom. The molecule has 5 nitrogen and oxygen atoms in total. The number of para-hydroxylation sites is 1. The van der Waals surface area contributed by atoms with Gasteiger partial charge in [0, 0.05) is 71.0 Å². The third kappa shape index (κ3) is 5.72. The maximum Gasteiger partial charge on any atom is 0.0844 e. The molecule has 0 bridgehead atoms. The predicted molar refractivity (Wildman–Crippen MR) is 65.3 cm³/mol. The van der Waals surface area contributed by atoms with Crippen LogP contribution in [0.3, 0.4) is 0 Å². The van der Waals surface area contributed by atoms with Gasteiger partial charge in [-0.2, -0.15) is 0 Å². The number of hydrogen-bond acceptors (Lipinski definition) is 3. The van der Waals surface area contributed by atoms with Gasteiger partial charge in [-0.1, -0.05) is 36.5 Å². The summed E-state index contributed by atoms with van der Waals surface area (Å²) in [5, 5.41) is 15.6. The molecule has 1 rings (SSSR count). The van der Waals surface area contributed by atoms with Gasteiger partial charge in [-0.25, -0.2) is 0 Å². The van der Waals surface area contributed by atoms with E-state index in [1.54, 1.807) is 26.1 Å². The van der Waals surface area contributed by atoms with Crippen molar-refractivity contribution in [1.82, 2.24) is 0 Å². The second-order valence-electron chi connectivity index (χ2n) is 2.97. The molecule has 0 spiro atoms. The SMILES string of the molecule is [CH-]=NC(=Nc1ccccc1/C(C)=N\O)[N-]C.[V].[Yb]. The predicted octanol–water partition coefficient (Wildman–Crippen LogP) is 2.45. The molecule has 0 aliphatic rings. The van der Waals surface area contributed by atoms with E-state index < -0.39 is 0 Å². The molecule has 1 aromatic rings. The third-order valence-electron chi connectivity index (χ3n) is 1.98. The number of hydrogen-bond donors (Lipinski definition) is 1. The first-order valence-electron chi connectivity index (χ1n) is 4.60. The van der Waals surface area contributed by atoms with E-state index in [1.165, 1.54) is 0 Å². The minimum absolute atomic E-state index is 0. The van der Waals surface area contributed by atoms with Gasteiger partial charge in [0.15, 0.2) is 0 Å². The van der Waals surface area contributed by atoms with Crippen molar-refractivity contribution in [3.63, 3.8) is 0 Å². The van der Waals surface area contributed by atoms with E-state index in [4.69, 9.17) is 11.9 Å². The molecule has 103 valence electrons. The molecule has 0 fully saturated rings. The minimum Gasteiger partial charge on any atom is -0.575 e. The number of oxime groups is 1. The number of benzene rings is 1. The first kappa shape index (κ1) is 20.3. The first-order valence-corrected chi connectivity index (χ1v) is 4.60. The largest absolute Gasteiger partial charge is 0.575 e. The summed E-state index contributed by atoms with van der Waals surface area (Å²) in [4.78, 5) is 7.54. The molecular weight excluding hydrogens is 428 g/mol. The molecule has 0 aromatic heterocycles. The monoisotopic (exact) mass is 441 g/mol. The minimum atomic E-state index is 0. The topological polar surface area (TPSA) is 71.4 Å². The molecule has 7 heteroatoms. The van der Waals surface area contributed by atoms with Crippen molar-refractivity contribution in [2.75, 3.05) is 7.05 Å². The molecule has 1 N–H and O–H groups in total. The number of aliphatic imine (C=N–C) groups is 2. The smallest absolute Gasteiger partial charge is 0.0844 e. The number of nitrogens with zero attached hydrogens (tertiary/aromatic N) is 4. The van der Waals surface area contributed by atoms with Crippen LogP contribution < -0.4 is 0 Å². The Morgan fingerprint density at radius 3 is 2.44 bits per heavy atom. The van der Waals surface area contributed by atoms with Gasteiger partial charge in [-0.3, -0.25) is 6.72 Å². The Hall–Kier alpha value is -0.0661. The Kier molecular flexibility index (Phi) is 12.2. The van der Waals surface area contributed by atoms with Crippen LogP contribution in [0.1, 0.15) is 12.5 Å². The van der Waals surface area contributed by atoms with Crippen LogP contribution in [0.15, 0.2) is 39.4 Å². The van der Waals surface area contributed by atoms with Crippen molar-refractivity contribution in [3.05, 3.63) is 35.1 Å². The summed E-state index contributed by atoms with van der Waals surface area (Å²) in [5.74, 6) is 0.179. The van der Waals surface area contributed by atoms with Gasteiger partial charge in [0.1, 0.15) is 0 Å². The summed E-state index contributed by atoms with van der Waals surface area (Å²) in [5.41, 5.74) is 1.77. The Bertz CT molecular complexity index is 448.